The lowest BCUT2D eigenvalue weighted by Gasteiger charge is -2.32. The number of fused-ring (bicyclic) bond motifs is 1. The Labute approximate surface area is 202 Å². The van der Waals surface area contributed by atoms with Crippen LogP contribution in [0.25, 0.3) is 10.1 Å². The zero-order valence-corrected chi connectivity index (χ0v) is 20.0. The van der Waals surface area contributed by atoms with E-state index in [9.17, 15) is 27.0 Å². The van der Waals surface area contributed by atoms with Crippen LogP contribution in [-0.4, -0.2) is 56.9 Å². The second-order valence-corrected chi connectivity index (χ2v) is 10.2. The number of ether oxygens (including phenoxy) is 1. The standard InChI is InChI=1S/C23H25F3N2O4S2/c1-15-20-4-2-3-5-21(20)33-22(15)28(34(30)31)13-17(27-11-10-18(29)14-27)12-16-6-8-19(9-7-16)32-23(24,25)26/h2-9,17-18,29H,10-14H2,1H3,(H,30,31). The van der Waals surface area contributed by atoms with Crippen LogP contribution >= 0.6 is 11.3 Å². The van der Waals surface area contributed by atoms with E-state index < -0.39 is 23.7 Å². The summed E-state index contributed by atoms with van der Waals surface area (Å²) in [5.41, 5.74) is 1.68. The highest BCUT2D eigenvalue weighted by Gasteiger charge is 2.32. The molecule has 0 amide bonds. The number of anilines is 1. The van der Waals surface area contributed by atoms with Crippen LogP contribution in [-0.2, 0) is 17.7 Å². The number of aliphatic hydroxyl groups is 1. The highest BCUT2D eigenvalue weighted by molar-refractivity contribution is 7.81. The van der Waals surface area contributed by atoms with Crippen LogP contribution in [0, 0.1) is 6.92 Å². The summed E-state index contributed by atoms with van der Waals surface area (Å²) in [6.45, 7) is 3.18. The van der Waals surface area contributed by atoms with Crippen molar-refractivity contribution in [1.82, 2.24) is 4.90 Å². The molecule has 184 valence electrons. The Morgan fingerprint density at radius 2 is 1.94 bits per heavy atom. The third-order valence-corrected chi connectivity index (χ3v) is 8.07. The fourth-order valence-corrected chi connectivity index (χ4v) is 6.32. The van der Waals surface area contributed by atoms with E-state index in [1.807, 2.05) is 31.2 Å². The molecule has 1 aliphatic rings. The Morgan fingerprint density at radius 1 is 1.24 bits per heavy atom. The molecule has 1 fully saturated rings. The summed E-state index contributed by atoms with van der Waals surface area (Å²) in [5, 5.41) is 11.8. The maximum absolute atomic E-state index is 12.5. The Hall–Kier alpha value is -2.18. The monoisotopic (exact) mass is 514 g/mol. The van der Waals surface area contributed by atoms with Crippen molar-refractivity contribution in [3.8, 4) is 5.75 Å². The number of benzene rings is 2. The number of aryl methyl sites for hydroxylation is 1. The Balaban J connectivity index is 1.59. The average Bonchev–Trinajstić information content (AvgIpc) is 3.35. The number of rotatable bonds is 8. The molecular weight excluding hydrogens is 489 g/mol. The minimum atomic E-state index is -4.76. The summed E-state index contributed by atoms with van der Waals surface area (Å²) in [6, 6.07) is 13.2. The summed E-state index contributed by atoms with van der Waals surface area (Å²) >= 11 is -0.843. The van der Waals surface area contributed by atoms with E-state index >= 15 is 0 Å². The molecule has 4 rings (SSSR count). The maximum atomic E-state index is 12.5. The van der Waals surface area contributed by atoms with Gasteiger partial charge in [-0.25, -0.2) is 4.21 Å². The molecule has 3 unspecified atom stereocenters. The zero-order chi connectivity index (χ0) is 24.5. The molecule has 1 aromatic heterocycles. The molecule has 3 aromatic rings. The zero-order valence-electron chi connectivity index (χ0n) is 18.4. The lowest BCUT2D eigenvalue weighted by molar-refractivity contribution is -0.274. The molecule has 11 heteroatoms. The predicted molar refractivity (Wildman–Crippen MR) is 127 cm³/mol. The molecule has 1 aliphatic heterocycles. The molecule has 34 heavy (non-hydrogen) atoms. The summed E-state index contributed by atoms with van der Waals surface area (Å²) in [5.74, 6) is -0.302. The van der Waals surface area contributed by atoms with Crippen molar-refractivity contribution in [2.75, 3.05) is 23.9 Å². The van der Waals surface area contributed by atoms with Crippen molar-refractivity contribution in [3.05, 3.63) is 59.7 Å². The molecular formula is C23H25F3N2O4S2. The molecule has 1 saturated heterocycles. The van der Waals surface area contributed by atoms with Crippen LogP contribution < -0.4 is 9.04 Å². The fraction of sp³-hybridized carbons (Fsp3) is 0.391. The van der Waals surface area contributed by atoms with Crippen LogP contribution in [0.4, 0.5) is 18.2 Å². The van der Waals surface area contributed by atoms with Gasteiger partial charge in [0.2, 0.25) is 0 Å². The van der Waals surface area contributed by atoms with Gasteiger partial charge in [-0.3, -0.25) is 13.8 Å². The van der Waals surface area contributed by atoms with Crippen LogP contribution in [0.1, 0.15) is 17.5 Å². The highest BCUT2D eigenvalue weighted by atomic mass is 32.2. The second kappa shape index (κ2) is 10.2. The van der Waals surface area contributed by atoms with Crippen LogP contribution in [0.5, 0.6) is 5.75 Å². The van der Waals surface area contributed by atoms with E-state index in [0.29, 0.717) is 30.9 Å². The molecule has 3 atom stereocenters. The van der Waals surface area contributed by atoms with E-state index in [2.05, 4.69) is 9.64 Å². The topological polar surface area (TPSA) is 73.2 Å². The predicted octanol–water partition coefficient (Wildman–Crippen LogP) is 4.73. The van der Waals surface area contributed by atoms with E-state index in [-0.39, 0.29) is 18.3 Å². The number of likely N-dealkylation sites (tertiary alicyclic amines) is 1. The molecule has 0 bridgehead atoms. The van der Waals surface area contributed by atoms with Gasteiger partial charge in [-0.05, 0) is 54.5 Å². The van der Waals surface area contributed by atoms with Gasteiger partial charge in [0, 0.05) is 23.8 Å². The van der Waals surface area contributed by atoms with Gasteiger partial charge in [0.05, 0.1) is 12.6 Å². The van der Waals surface area contributed by atoms with Crippen molar-refractivity contribution >= 4 is 37.7 Å². The van der Waals surface area contributed by atoms with E-state index in [1.54, 1.807) is 12.1 Å². The third kappa shape index (κ3) is 5.89. The molecule has 6 nitrogen and oxygen atoms in total. The van der Waals surface area contributed by atoms with E-state index in [1.165, 1.54) is 27.8 Å². The van der Waals surface area contributed by atoms with Gasteiger partial charge in [0.1, 0.15) is 10.8 Å². The minimum Gasteiger partial charge on any atom is -0.406 e. The number of β-amino-alcohol motifs (C(OH)–C–C–N with tert-alkyl or cyclic N) is 1. The maximum Gasteiger partial charge on any atom is 0.573 e. The first-order valence-electron chi connectivity index (χ1n) is 10.7. The fourth-order valence-electron chi connectivity index (χ4n) is 4.32. The SMILES string of the molecule is Cc1c(N(CC(Cc2ccc(OC(F)(F)F)cc2)N2CCC(O)C2)S(=O)O)sc2ccccc12. The van der Waals surface area contributed by atoms with Gasteiger partial charge < -0.3 is 9.84 Å². The molecule has 2 N–H and O–H groups in total. The highest BCUT2D eigenvalue weighted by Crippen LogP contribution is 2.38. The van der Waals surface area contributed by atoms with Gasteiger partial charge in [0.25, 0.3) is 11.3 Å². The first kappa shape index (κ1) is 24.9. The lowest BCUT2D eigenvalue weighted by Crippen LogP contribution is -2.45. The summed E-state index contributed by atoms with van der Waals surface area (Å²) in [4.78, 5) is 2.06. The molecule has 2 heterocycles. The number of hydrogen-bond acceptors (Lipinski definition) is 5. The second-order valence-electron chi connectivity index (χ2n) is 8.31. The molecule has 0 saturated carbocycles. The van der Waals surface area contributed by atoms with Gasteiger partial charge in [-0.1, -0.05) is 30.3 Å². The van der Waals surface area contributed by atoms with Crippen LogP contribution in [0.15, 0.2) is 48.5 Å². The number of alkyl halides is 3. The smallest absolute Gasteiger partial charge is 0.406 e. The lowest BCUT2D eigenvalue weighted by atomic mass is 10.0. The first-order valence-corrected chi connectivity index (χ1v) is 12.6. The van der Waals surface area contributed by atoms with Crippen LogP contribution in [0.2, 0.25) is 0 Å². The first-order chi connectivity index (χ1) is 16.1. The number of halogens is 3. The molecule has 0 radical (unpaired) electrons. The number of aliphatic hydroxyl groups excluding tert-OH is 1. The molecule has 0 spiro atoms. The molecule has 0 aliphatic carbocycles. The van der Waals surface area contributed by atoms with Gasteiger partial charge >= 0.3 is 6.36 Å². The number of nitrogens with zero attached hydrogens (tertiary/aromatic N) is 2. The Bertz CT molecular complexity index is 1150. The van der Waals surface area contributed by atoms with Crippen molar-refractivity contribution in [2.45, 2.75) is 38.3 Å². The summed E-state index contributed by atoms with van der Waals surface area (Å²) < 4.78 is 66.4. The van der Waals surface area contributed by atoms with Gasteiger partial charge in [-0.2, -0.15) is 0 Å². The van der Waals surface area contributed by atoms with Crippen molar-refractivity contribution in [3.63, 3.8) is 0 Å². The van der Waals surface area contributed by atoms with Gasteiger partial charge in [-0.15, -0.1) is 24.5 Å². The van der Waals surface area contributed by atoms with Crippen molar-refractivity contribution in [2.24, 2.45) is 0 Å². The normalized spacial score (nSPS) is 18.8. The Morgan fingerprint density at radius 3 is 2.53 bits per heavy atom. The third-order valence-electron chi connectivity index (χ3n) is 5.95. The van der Waals surface area contributed by atoms with E-state index in [0.717, 1.165) is 21.2 Å². The Kier molecular flexibility index (Phi) is 7.48. The molecule has 2 aromatic carbocycles. The van der Waals surface area contributed by atoms with Gasteiger partial charge in [0.15, 0.2) is 0 Å². The average molecular weight is 515 g/mol. The largest absolute Gasteiger partial charge is 0.573 e. The minimum absolute atomic E-state index is 0.213. The van der Waals surface area contributed by atoms with Crippen molar-refractivity contribution < 1.29 is 31.8 Å². The summed E-state index contributed by atoms with van der Waals surface area (Å²) in [7, 11) is 0. The number of hydrogen-bond donors (Lipinski definition) is 2. The van der Waals surface area contributed by atoms with Crippen molar-refractivity contribution in [1.29, 1.82) is 0 Å². The van der Waals surface area contributed by atoms with E-state index in [4.69, 9.17) is 0 Å². The number of thiophene rings is 1. The van der Waals surface area contributed by atoms with Crippen LogP contribution in [0.3, 0.4) is 0 Å². The quantitative estimate of drug-likeness (QED) is 0.426. The summed E-state index contributed by atoms with van der Waals surface area (Å²) in [6.07, 6.45) is -4.22.